The van der Waals surface area contributed by atoms with Crippen LogP contribution >= 0.6 is 11.6 Å². The SMILES string of the molecule is NS(=O)(=O)CCCOc1cccc(Cl)c1. The predicted molar refractivity (Wildman–Crippen MR) is 59.5 cm³/mol. The second kappa shape index (κ2) is 5.34. The molecule has 6 heteroatoms. The molecule has 0 amide bonds. The van der Waals surface area contributed by atoms with Crippen LogP contribution in [0.4, 0.5) is 0 Å². The molecule has 0 unspecified atom stereocenters. The zero-order valence-corrected chi connectivity index (χ0v) is 9.59. The third-order valence-electron chi connectivity index (χ3n) is 1.64. The van der Waals surface area contributed by atoms with Gasteiger partial charge < -0.3 is 4.74 Å². The summed E-state index contributed by atoms with van der Waals surface area (Å²) >= 11 is 5.73. The van der Waals surface area contributed by atoms with Crippen molar-refractivity contribution in [1.29, 1.82) is 0 Å². The van der Waals surface area contributed by atoms with Gasteiger partial charge >= 0.3 is 0 Å². The highest BCUT2D eigenvalue weighted by molar-refractivity contribution is 7.89. The Bertz CT molecular complexity index is 419. The van der Waals surface area contributed by atoms with E-state index in [4.69, 9.17) is 21.5 Å². The van der Waals surface area contributed by atoms with Crippen LogP contribution in [0.3, 0.4) is 0 Å². The van der Waals surface area contributed by atoms with Gasteiger partial charge in [0.1, 0.15) is 5.75 Å². The topological polar surface area (TPSA) is 69.4 Å². The first-order valence-corrected chi connectivity index (χ1v) is 6.45. The van der Waals surface area contributed by atoms with Crippen LogP contribution in [0.5, 0.6) is 5.75 Å². The summed E-state index contributed by atoms with van der Waals surface area (Å²) in [6.45, 7) is 0.302. The minimum Gasteiger partial charge on any atom is -0.494 e. The average Bonchev–Trinajstić information content (AvgIpc) is 2.11. The molecule has 1 rings (SSSR count). The van der Waals surface area contributed by atoms with E-state index in [2.05, 4.69) is 0 Å². The van der Waals surface area contributed by atoms with E-state index in [1.54, 1.807) is 24.3 Å². The van der Waals surface area contributed by atoms with E-state index in [1.165, 1.54) is 0 Å². The first-order chi connectivity index (χ1) is 6.97. The van der Waals surface area contributed by atoms with Crippen molar-refractivity contribution in [2.24, 2.45) is 5.14 Å². The smallest absolute Gasteiger partial charge is 0.209 e. The van der Waals surface area contributed by atoms with Gasteiger partial charge in [-0.2, -0.15) is 0 Å². The molecule has 1 aromatic carbocycles. The Kier molecular flexibility index (Phi) is 4.38. The van der Waals surface area contributed by atoms with Gasteiger partial charge in [-0.15, -0.1) is 0 Å². The van der Waals surface area contributed by atoms with Crippen LogP contribution in [0.2, 0.25) is 5.02 Å². The van der Waals surface area contributed by atoms with E-state index in [0.717, 1.165) is 0 Å². The van der Waals surface area contributed by atoms with Crippen molar-refractivity contribution >= 4 is 21.6 Å². The van der Waals surface area contributed by atoms with Crippen molar-refractivity contribution in [2.75, 3.05) is 12.4 Å². The largest absolute Gasteiger partial charge is 0.494 e. The summed E-state index contributed by atoms with van der Waals surface area (Å²) in [6, 6.07) is 6.91. The second-order valence-corrected chi connectivity index (χ2v) is 5.20. The van der Waals surface area contributed by atoms with E-state index in [0.29, 0.717) is 23.8 Å². The Morgan fingerprint density at radius 2 is 2.13 bits per heavy atom. The molecule has 0 saturated heterocycles. The summed E-state index contributed by atoms with van der Waals surface area (Å²) in [4.78, 5) is 0. The Balaban J connectivity index is 2.32. The molecule has 15 heavy (non-hydrogen) atoms. The van der Waals surface area contributed by atoms with Crippen LogP contribution in [0, 0.1) is 0 Å². The van der Waals surface area contributed by atoms with Crippen molar-refractivity contribution in [2.45, 2.75) is 6.42 Å². The molecule has 0 fully saturated rings. The van der Waals surface area contributed by atoms with Gasteiger partial charge in [0, 0.05) is 5.02 Å². The summed E-state index contributed by atoms with van der Waals surface area (Å²) in [5.74, 6) is 0.546. The highest BCUT2D eigenvalue weighted by Crippen LogP contribution is 2.17. The van der Waals surface area contributed by atoms with Crippen LogP contribution in [0.25, 0.3) is 0 Å². The molecule has 0 saturated carbocycles. The number of nitrogens with two attached hydrogens (primary N) is 1. The van der Waals surface area contributed by atoms with Gasteiger partial charge in [-0.3, -0.25) is 0 Å². The Morgan fingerprint density at radius 3 is 2.73 bits per heavy atom. The lowest BCUT2D eigenvalue weighted by atomic mass is 10.3. The summed E-state index contributed by atoms with van der Waals surface area (Å²) in [6.07, 6.45) is 0.366. The van der Waals surface area contributed by atoms with Crippen LogP contribution in [0.1, 0.15) is 6.42 Å². The number of hydrogen-bond donors (Lipinski definition) is 1. The van der Waals surface area contributed by atoms with Crippen molar-refractivity contribution in [3.05, 3.63) is 29.3 Å². The maximum atomic E-state index is 10.6. The van der Waals surface area contributed by atoms with Gasteiger partial charge in [-0.1, -0.05) is 17.7 Å². The molecule has 0 aliphatic rings. The van der Waals surface area contributed by atoms with Crippen molar-refractivity contribution in [3.63, 3.8) is 0 Å². The first kappa shape index (κ1) is 12.3. The molecule has 4 nitrogen and oxygen atoms in total. The van der Waals surface area contributed by atoms with Gasteiger partial charge in [0.2, 0.25) is 10.0 Å². The summed E-state index contributed by atoms with van der Waals surface area (Å²) in [5, 5.41) is 5.42. The zero-order chi connectivity index (χ0) is 11.3. The molecular weight excluding hydrogens is 238 g/mol. The normalized spacial score (nSPS) is 11.3. The predicted octanol–water partition coefficient (Wildman–Crippen LogP) is 1.40. The number of benzene rings is 1. The lowest BCUT2D eigenvalue weighted by Gasteiger charge is -2.05. The fourth-order valence-electron chi connectivity index (χ4n) is 1.01. The van der Waals surface area contributed by atoms with E-state index >= 15 is 0 Å². The van der Waals surface area contributed by atoms with Crippen molar-refractivity contribution in [1.82, 2.24) is 0 Å². The molecule has 0 radical (unpaired) electrons. The molecule has 0 spiro atoms. The molecule has 0 aliphatic carbocycles. The van der Waals surface area contributed by atoms with Crippen LogP contribution in [-0.4, -0.2) is 20.8 Å². The number of primary sulfonamides is 1. The molecule has 2 N–H and O–H groups in total. The number of rotatable bonds is 5. The molecule has 0 atom stereocenters. The quantitative estimate of drug-likeness (QED) is 0.802. The first-order valence-electron chi connectivity index (χ1n) is 4.36. The molecule has 0 bridgehead atoms. The zero-order valence-electron chi connectivity index (χ0n) is 8.02. The van der Waals surface area contributed by atoms with Gasteiger partial charge in [0.05, 0.1) is 12.4 Å². The van der Waals surface area contributed by atoms with Crippen molar-refractivity contribution in [3.8, 4) is 5.75 Å². The molecule has 0 heterocycles. The maximum absolute atomic E-state index is 10.6. The molecular formula is C9H12ClNO3S. The fraction of sp³-hybridized carbons (Fsp3) is 0.333. The number of hydrogen-bond acceptors (Lipinski definition) is 3. The Morgan fingerprint density at radius 1 is 1.40 bits per heavy atom. The lowest BCUT2D eigenvalue weighted by molar-refractivity contribution is 0.317. The van der Waals surface area contributed by atoms with Gasteiger partial charge in [-0.25, -0.2) is 13.6 Å². The summed E-state index contributed by atoms with van der Waals surface area (Å²) in [7, 11) is -3.39. The van der Waals surface area contributed by atoms with E-state index in [9.17, 15) is 8.42 Å². The number of ether oxygens (including phenoxy) is 1. The standard InChI is InChI=1S/C9H12ClNO3S/c10-8-3-1-4-9(7-8)14-5-2-6-15(11,12)13/h1,3-4,7H,2,5-6H2,(H2,11,12,13). The van der Waals surface area contributed by atoms with Gasteiger partial charge in [0.25, 0.3) is 0 Å². The highest BCUT2D eigenvalue weighted by Gasteiger charge is 2.02. The number of sulfonamides is 1. The maximum Gasteiger partial charge on any atom is 0.209 e. The third-order valence-corrected chi connectivity index (χ3v) is 2.73. The molecule has 1 aromatic rings. The monoisotopic (exact) mass is 249 g/mol. The van der Waals surface area contributed by atoms with E-state index in [1.807, 2.05) is 0 Å². The van der Waals surface area contributed by atoms with Gasteiger partial charge in [0.15, 0.2) is 0 Å². The molecule has 0 aromatic heterocycles. The van der Waals surface area contributed by atoms with Crippen LogP contribution in [0.15, 0.2) is 24.3 Å². The fourth-order valence-corrected chi connectivity index (χ4v) is 1.71. The minimum absolute atomic E-state index is 0.0758. The summed E-state index contributed by atoms with van der Waals surface area (Å²) < 4.78 is 26.5. The second-order valence-electron chi connectivity index (χ2n) is 3.03. The average molecular weight is 250 g/mol. The van der Waals surface area contributed by atoms with Crippen molar-refractivity contribution < 1.29 is 13.2 Å². The van der Waals surface area contributed by atoms with E-state index in [-0.39, 0.29) is 5.75 Å². The van der Waals surface area contributed by atoms with Crippen LogP contribution in [-0.2, 0) is 10.0 Å². The van der Waals surface area contributed by atoms with E-state index < -0.39 is 10.0 Å². The lowest BCUT2D eigenvalue weighted by Crippen LogP contribution is -2.18. The third kappa shape index (κ3) is 5.61. The Labute approximate surface area is 94.0 Å². The Hall–Kier alpha value is -0.780. The molecule has 84 valence electrons. The highest BCUT2D eigenvalue weighted by atomic mass is 35.5. The summed E-state index contributed by atoms with van der Waals surface area (Å²) in [5.41, 5.74) is 0. The molecule has 0 aliphatic heterocycles. The number of halogens is 1. The minimum atomic E-state index is -3.39. The van der Waals surface area contributed by atoms with Crippen LogP contribution < -0.4 is 9.88 Å². The van der Waals surface area contributed by atoms with Gasteiger partial charge in [-0.05, 0) is 24.6 Å².